The van der Waals surface area contributed by atoms with Crippen molar-refractivity contribution < 1.29 is 5.11 Å². The second-order valence-corrected chi connectivity index (χ2v) is 6.09. The number of rotatable bonds is 5. The molecule has 0 heterocycles. The summed E-state index contributed by atoms with van der Waals surface area (Å²) in [6, 6.07) is 16.1. The minimum Gasteiger partial charge on any atom is -0.507 e. The van der Waals surface area contributed by atoms with Gasteiger partial charge in [0.05, 0.1) is 0 Å². The van der Waals surface area contributed by atoms with E-state index < -0.39 is 0 Å². The molecule has 1 heteroatoms. The van der Waals surface area contributed by atoms with Crippen LogP contribution in [0.1, 0.15) is 45.6 Å². The van der Waals surface area contributed by atoms with Gasteiger partial charge in [-0.1, -0.05) is 70.0 Å². The molecule has 0 amide bonds. The van der Waals surface area contributed by atoms with E-state index in [9.17, 15) is 5.11 Å². The van der Waals surface area contributed by atoms with Crippen LogP contribution in [0.3, 0.4) is 0 Å². The summed E-state index contributed by atoms with van der Waals surface area (Å²) < 4.78 is 0. The zero-order chi connectivity index (χ0) is 14.6. The van der Waals surface area contributed by atoms with E-state index in [4.69, 9.17) is 0 Å². The molecule has 0 fully saturated rings. The molecule has 1 N–H and O–H groups in total. The van der Waals surface area contributed by atoms with Crippen molar-refractivity contribution in [3.63, 3.8) is 0 Å². The second-order valence-electron chi connectivity index (χ2n) is 6.09. The van der Waals surface area contributed by atoms with Gasteiger partial charge in [-0.3, -0.25) is 0 Å². The first-order valence-electron chi connectivity index (χ1n) is 7.43. The van der Waals surface area contributed by atoms with Gasteiger partial charge in [-0.2, -0.15) is 0 Å². The summed E-state index contributed by atoms with van der Waals surface area (Å²) in [6.45, 7) is 6.79. The largest absolute Gasteiger partial charge is 0.507 e. The Labute approximate surface area is 122 Å². The molecule has 0 aromatic heterocycles. The van der Waals surface area contributed by atoms with Crippen molar-refractivity contribution in [2.24, 2.45) is 0 Å². The predicted octanol–water partition coefficient (Wildman–Crippen LogP) is 5.53. The Morgan fingerprint density at radius 2 is 1.70 bits per heavy atom. The van der Waals surface area contributed by atoms with Crippen molar-refractivity contribution >= 4 is 0 Å². The minimum absolute atomic E-state index is 0.146. The first-order valence-corrected chi connectivity index (χ1v) is 7.43. The summed E-state index contributed by atoms with van der Waals surface area (Å²) in [6.07, 6.45) is 3.62. The fraction of sp³-hybridized carbons (Fsp3) is 0.368. The number of hydrogen-bond acceptors (Lipinski definition) is 1. The molecule has 0 unspecified atom stereocenters. The summed E-state index contributed by atoms with van der Waals surface area (Å²) in [5.41, 5.74) is 3.43. The molecule has 0 spiro atoms. The van der Waals surface area contributed by atoms with Gasteiger partial charge in [-0.15, -0.1) is 0 Å². The summed E-state index contributed by atoms with van der Waals surface area (Å²) in [5.74, 6) is 0.353. The number of benzene rings is 2. The van der Waals surface area contributed by atoms with Crippen molar-refractivity contribution in [1.29, 1.82) is 0 Å². The van der Waals surface area contributed by atoms with Gasteiger partial charge in [0, 0.05) is 5.56 Å². The van der Waals surface area contributed by atoms with Crippen molar-refractivity contribution in [1.82, 2.24) is 0 Å². The van der Waals surface area contributed by atoms with Crippen LogP contribution in [-0.2, 0) is 5.41 Å². The Hall–Kier alpha value is -1.76. The molecule has 2 aromatic rings. The highest BCUT2D eigenvalue weighted by Crippen LogP contribution is 2.36. The smallest absolute Gasteiger partial charge is 0.123 e. The van der Waals surface area contributed by atoms with Crippen LogP contribution in [0.25, 0.3) is 11.1 Å². The summed E-state index contributed by atoms with van der Waals surface area (Å²) >= 11 is 0. The average Bonchev–Trinajstić information content (AvgIpc) is 2.46. The predicted molar refractivity (Wildman–Crippen MR) is 86.1 cm³/mol. The van der Waals surface area contributed by atoms with Crippen LogP contribution in [0.2, 0.25) is 0 Å². The monoisotopic (exact) mass is 268 g/mol. The van der Waals surface area contributed by atoms with E-state index in [1.54, 1.807) is 0 Å². The van der Waals surface area contributed by atoms with Crippen LogP contribution >= 0.6 is 0 Å². The fourth-order valence-electron chi connectivity index (χ4n) is 2.57. The van der Waals surface area contributed by atoms with Crippen molar-refractivity contribution in [3.8, 4) is 16.9 Å². The molecule has 2 rings (SSSR count). The van der Waals surface area contributed by atoms with E-state index in [1.165, 1.54) is 24.8 Å². The van der Waals surface area contributed by atoms with Gasteiger partial charge in [0.25, 0.3) is 0 Å². The standard InChI is InChI=1S/C19H24O/c1-4-5-13-19(2,3)16-11-12-18(20)17(14-16)15-9-7-6-8-10-15/h6-12,14,20H,4-5,13H2,1-3H3. The first-order chi connectivity index (χ1) is 9.54. The lowest BCUT2D eigenvalue weighted by Gasteiger charge is -2.26. The van der Waals surface area contributed by atoms with Gasteiger partial charge in [0.15, 0.2) is 0 Å². The molecular weight excluding hydrogens is 244 g/mol. The highest BCUT2D eigenvalue weighted by Gasteiger charge is 2.21. The first kappa shape index (κ1) is 14.6. The second kappa shape index (κ2) is 6.13. The van der Waals surface area contributed by atoms with Gasteiger partial charge in [-0.25, -0.2) is 0 Å². The summed E-state index contributed by atoms with van der Waals surface area (Å²) in [4.78, 5) is 0. The third-order valence-electron chi connectivity index (χ3n) is 4.02. The average molecular weight is 268 g/mol. The normalized spacial score (nSPS) is 11.6. The topological polar surface area (TPSA) is 20.2 Å². The van der Waals surface area contributed by atoms with Crippen LogP contribution in [0, 0.1) is 0 Å². The SMILES string of the molecule is CCCCC(C)(C)c1ccc(O)c(-c2ccccc2)c1. The molecule has 0 radical (unpaired) electrons. The van der Waals surface area contributed by atoms with E-state index >= 15 is 0 Å². The van der Waals surface area contributed by atoms with Crippen LogP contribution in [0.4, 0.5) is 0 Å². The highest BCUT2D eigenvalue weighted by molar-refractivity contribution is 5.71. The summed E-state index contributed by atoms with van der Waals surface area (Å²) in [5, 5.41) is 10.1. The Morgan fingerprint density at radius 3 is 2.35 bits per heavy atom. The molecular formula is C19H24O. The number of unbranched alkanes of at least 4 members (excludes halogenated alkanes) is 1. The van der Waals surface area contributed by atoms with Gasteiger partial charge in [-0.05, 0) is 35.1 Å². The Bertz CT molecular complexity index is 555. The Balaban J connectivity index is 2.39. The van der Waals surface area contributed by atoms with E-state index in [1.807, 2.05) is 36.4 Å². The van der Waals surface area contributed by atoms with E-state index in [0.717, 1.165) is 11.1 Å². The van der Waals surface area contributed by atoms with Crippen molar-refractivity contribution in [2.45, 2.75) is 45.4 Å². The third kappa shape index (κ3) is 3.22. The molecule has 0 aliphatic rings. The maximum absolute atomic E-state index is 10.1. The van der Waals surface area contributed by atoms with Gasteiger partial charge >= 0.3 is 0 Å². The lowest BCUT2D eigenvalue weighted by Crippen LogP contribution is -2.16. The Kier molecular flexibility index (Phi) is 4.49. The molecule has 0 aliphatic carbocycles. The number of phenols is 1. The molecule has 0 aliphatic heterocycles. The molecule has 2 aromatic carbocycles. The van der Waals surface area contributed by atoms with Crippen molar-refractivity contribution in [2.75, 3.05) is 0 Å². The number of hydrogen-bond donors (Lipinski definition) is 1. The van der Waals surface area contributed by atoms with Gasteiger partial charge in [0.1, 0.15) is 5.75 Å². The van der Waals surface area contributed by atoms with Crippen LogP contribution in [0.15, 0.2) is 48.5 Å². The molecule has 20 heavy (non-hydrogen) atoms. The van der Waals surface area contributed by atoms with Crippen LogP contribution in [0.5, 0.6) is 5.75 Å². The fourth-order valence-corrected chi connectivity index (χ4v) is 2.57. The lowest BCUT2D eigenvalue weighted by atomic mass is 9.79. The third-order valence-corrected chi connectivity index (χ3v) is 4.02. The molecule has 0 atom stereocenters. The highest BCUT2D eigenvalue weighted by atomic mass is 16.3. The van der Waals surface area contributed by atoms with E-state index in [2.05, 4.69) is 32.9 Å². The zero-order valence-corrected chi connectivity index (χ0v) is 12.7. The summed E-state index contributed by atoms with van der Waals surface area (Å²) in [7, 11) is 0. The van der Waals surface area contributed by atoms with Crippen LogP contribution in [-0.4, -0.2) is 5.11 Å². The maximum atomic E-state index is 10.1. The maximum Gasteiger partial charge on any atom is 0.123 e. The molecule has 0 bridgehead atoms. The number of aromatic hydroxyl groups is 1. The van der Waals surface area contributed by atoms with Gasteiger partial charge in [0.2, 0.25) is 0 Å². The molecule has 0 saturated heterocycles. The van der Waals surface area contributed by atoms with E-state index in [0.29, 0.717) is 5.75 Å². The quantitative estimate of drug-likeness (QED) is 0.756. The Morgan fingerprint density at radius 1 is 1.00 bits per heavy atom. The molecule has 1 nitrogen and oxygen atoms in total. The molecule has 0 saturated carbocycles. The van der Waals surface area contributed by atoms with E-state index in [-0.39, 0.29) is 5.41 Å². The molecule has 106 valence electrons. The van der Waals surface area contributed by atoms with Gasteiger partial charge < -0.3 is 5.11 Å². The van der Waals surface area contributed by atoms with Crippen LogP contribution < -0.4 is 0 Å². The number of phenolic OH excluding ortho intramolecular Hbond substituents is 1. The van der Waals surface area contributed by atoms with Crippen molar-refractivity contribution in [3.05, 3.63) is 54.1 Å². The minimum atomic E-state index is 0.146. The lowest BCUT2D eigenvalue weighted by molar-refractivity contribution is 0.454. The zero-order valence-electron chi connectivity index (χ0n) is 12.7.